The van der Waals surface area contributed by atoms with Gasteiger partial charge >= 0.3 is 0 Å². The van der Waals surface area contributed by atoms with Crippen molar-refractivity contribution in [2.45, 2.75) is 0 Å². The van der Waals surface area contributed by atoms with Crippen LogP contribution < -0.4 is 0 Å². The second kappa shape index (κ2) is 4.19. The molecule has 1 aromatic carbocycles. The Labute approximate surface area is 98.7 Å². The quantitative estimate of drug-likeness (QED) is 0.751. The van der Waals surface area contributed by atoms with Crippen LogP contribution in [0.1, 0.15) is 0 Å². The van der Waals surface area contributed by atoms with Crippen LogP contribution in [0.4, 0.5) is 0 Å². The third-order valence-electron chi connectivity index (χ3n) is 1.70. The van der Waals surface area contributed by atoms with Gasteiger partial charge in [-0.1, -0.05) is 28.1 Å². The largest absolute Gasteiger partial charge is 0.237 e. The van der Waals surface area contributed by atoms with Gasteiger partial charge in [-0.2, -0.15) is 0 Å². The number of benzene rings is 1. The van der Waals surface area contributed by atoms with Gasteiger partial charge < -0.3 is 0 Å². The molecule has 0 N–H and O–H groups in total. The maximum Gasteiger partial charge on any atom is 0.160 e. The highest BCUT2D eigenvalue weighted by Crippen LogP contribution is 2.20. The summed E-state index contributed by atoms with van der Waals surface area (Å²) in [6.07, 6.45) is 1.73. The first-order chi connectivity index (χ1) is 6.75. The van der Waals surface area contributed by atoms with E-state index in [-0.39, 0.29) is 0 Å². The molecule has 0 amide bonds. The molecule has 2 rings (SSSR count). The molecule has 0 fully saturated rings. The summed E-state index contributed by atoms with van der Waals surface area (Å²) >= 11 is 6.73. The fourth-order valence-corrected chi connectivity index (χ4v) is 1.79. The lowest BCUT2D eigenvalue weighted by Crippen LogP contribution is -1.87. The van der Waals surface area contributed by atoms with Crippen LogP contribution in [-0.4, -0.2) is 9.97 Å². The summed E-state index contributed by atoms with van der Waals surface area (Å²) in [4.78, 5) is 8.46. The van der Waals surface area contributed by atoms with E-state index in [0.29, 0.717) is 0 Å². The highest BCUT2D eigenvalue weighted by atomic mass is 79.9. The minimum absolute atomic E-state index is 0.723. The first-order valence-electron chi connectivity index (χ1n) is 4.00. The van der Waals surface area contributed by atoms with Crippen LogP contribution in [-0.2, 0) is 0 Å². The fraction of sp³-hybridized carbons (Fsp3) is 0. The molecular weight excluding hydrogens is 308 g/mol. The summed E-state index contributed by atoms with van der Waals surface area (Å²) in [7, 11) is 0. The Morgan fingerprint density at radius 1 is 1.07 bits per heavy atom. The van der Waals surface area contributed by atoms with E-state index in [0.717, 1.165) is 20.5 Å². The van der Waals surface area contributed by atoms with E-state index in [1.54, 1.807) is 6.20 Å². The number of rotatable bonds is 1. The molecule has 1 aromatic heterocycles. The average molecular weight is 314 g/mol. The molecule has 0 radical (unpaired) electrons. The number of hydrogen-bond acceptors (Lipinski definition) is 2. The van der Waals surface area contributed by atoms with Crippen molar-refractivity contribution in [1.82, 2.24) is 9.97 Å². The van der Waals surface area contributed by atoms with E-state index in [4.69, 9.17) is 0 Å². The molecule has 2 nitrogen and oxygen atoms in total. The van der Waals surface area contributed by atoms with E-state index < -0.39 is 0 Å². The highest BCUT2D eigenvalue weighted by Gasteiger charge is 2.01. The first kappa shape index (κ1) is 9.80. The molecule has 0 aliphatic heterocycles. The summed E-state index contributed by atoms with van der Waals surface area (Å²) in [6.45, 7) is 0. The molecule has 0 aliphatic carbocycles. The Bertz CT molecular complexity index is 414. The molecule has 0 aliphatic rings. The number of halogens is 2. The topological polar surface area (TPSA) is 25.8 Å². The second-order valence-electron chi connectivity index (χ2n) is 2.71. The monoisotopic (exact) mass is 312 g/mol. The molecule has 0 saturated heterocycles. The van der Waals surface area contributed by atoms with Crippen molar-refractivity contribution in [2.75, 3.05) is 0 Å². The van der Waals surface area contributed by atoms with E-state index in [2.05, 4.69) is 41.8 Å². The third-order valence-corrected chi connectivity index (χ3v) is 2.64. The molecule has 0 unspecified atom stereocenters. The van der Waals surface area contributed by atoms with Crippen molar-refractivity contribution in [3.8, 4) is 11.4 Å². The maximum absolute atomic E-state index is 4.27. The zero-order valence-electron chi connectivity index (χ0n) is 7.11. The Kier molecular flexibility index (Phi) is 2.93. The van der Waals surface area contributed by atoms with Crippen molar-refractivity contribution in [3.05, 3.63) is 45.6 Å². The Morgan fingerprint density at radius 3 is 2.64 bits per heavy atom. The SMILES string of the molecule is Brc1cccc(-c2nccc(Br)n2)c1. The molecule has 0 atom stereocenters. The maximum atomic E-state index is 4.27. The van der Waals surface area contributed by atoms with Gasteiger partial charge in [-0.25, -0.2) is 9.97 Å². The number of nitrogens with zero attached hydrogens (tertiary/aromatic N) is 2. The van der Waals surface area contributed by atoms with Crippen LogP contribution in [0.5, 0.6) is 0 Å². The number of aromatic nitrogens is 2. The summed E-state index contributed by atoms with van der Waals surface area (Å²) in [5, 5.41) is 0. The van der Waals surface area contributed by atoms with Gasteiger partial charge in [0.1, 0.15) is 4.60 Å². The normalized spacial score (nSPS) is 10.1. The lowest BCUT2D eigenvalue weighted by Gasteiger charge is -2.00. The van der Waals surface area contributed by atoms with E-state index in [1.807, 2.05) is 30.3 Å². The minimum atomic E-state index is 0.723. The standard InChI is InChI=1S/C10H6Br2N2/c11-8-3-1-2-7(6-8)10-13-5-4-9(12)14-10/h1-6H. The summed E-state index contributed by atoms with van der Waals surface area (Å²) in [6, 6.07) is 9.71. The first-order valence-corrected chi connectivity index (χ1v) is 5.59. The zero-order valence-corrected chi connectivity index (χ0v) is 10.3. The van der Waals surface area contributed by atoms with Crippen LogP contribution in [0.3, 0.4) is 0 Å². The van der Waals surface area contributed by atoms with Crippen molar-refractivity contribution in [2.24, 2.45) is 0 Å². The van der Waals surface area contributed by atoms with Crippen molar-refractivity contribution in [1.29, 1.82) is 0 Å². The van der Waals surface area contributed by atoms with E-state index in [9.17, 15) is 0 Å². The highest BCUT2D eigenvalue weighted by molar-refractivity contribution is 9.10. The lowest BCUT2D eigenvalue weighted by molar-refractivity contribution is 1.15. The lowest BCUT2D eigenvalue weighted by atomic mass is 10.2. The van der Waals surface area contributed by atoms with Crippen molar-refractivity contribution in [3.63, 3.8) is 0 Å². The third kappa shape index (κ3) is 2.19. The van der Waals surface area contributed by atoms with Gasteiger partial charge in [0.2, 0.25) is 0 Å². The molecule has 2 aromatic rings. The van der Waals surface area contributed by atoms with Crippen molar-refractivity contribution >= 4 is 31.9 Å². The zero-order chi connectivity index (χ0) is 9.97. The van der Waals surface area contributed by atoms with Gasteiger partial charge in [-0.15, -0.1) is 0 Å². The van der Waals surface area contributed by atoms with Crippen LogP contribution in [0, 0.1) is 0 Å². The molecule has 4 heteroatoms. The molecular formula is C10H6Br2N2. The molecule has 0 saturated carbocycles. The predicted octanol–water partition coefficient (Wildman–Crippen LogP) is 3.67. The Balaban J connectivity index is 2.49. The van der Waals surface area contributed by atoms with Crippen LogP contribution in [0.25, 0.3) is 11.4 Å². The molecule has 70 valence electrons. The molecule has 1 heterocycles. The fourth-order valence-electron chi connectivity index (χ4n) is 1.10. The number of hydrogen-bond donors (Lipinski definition) is 0. The van der Waals surface area contributed by atoms with Gasteiger partial charge in [0.25, 0.3) is 0 Å². The Morgan fingerprint density at radius 2 is 1.93 bits per heavy atom. The van der Waals surface area contributed by atoms with Crippen LogP contribution >= 0.6 is 31.9 Å². The van der Waals surface area contributed by atoms with E-state index >= 15 is 0 Å². The molecule has 14 heavy (non-hydrogen) atoms. The van der Waals surface area contributed by atoms with Gasteiger partial charge in [0, 0.05) is 16.2 Å². The minimum Gasteiger partial charge on any atom is -0.237 e. The summed E-state index contributed by atoms with van der Waals surface area (Å²) < 4.78 is 1.82. The second-order valence-corrected chi connectivity index (χ2v) is 4.44. The Hall–Kier alpha value is -0.740. The van der Waals surface area contributed by atoms with E-state index in [1.165, 1.54) is 0 Å². The van der Waals surface area contributed by atoms with Gasteiger partial charge in [0.05, 0.1) is 0 Å². The average Bonchev–Trinajstić information content (AvgIpc) is 2.18. The van der Waals surface area contributed by atoms with Gasteiger partial charge in [-0.05, 0) is 34.1 Å². The van der Waals surface area contributed by atoms with Gasteiger partial charge in [-0.3, -0.25) is 0 Å². The molecule has 0 spiro atoms. The van der Waals surface area contributed by atoms with Crippen molar-refractivity contribution < 1.29 is 0 Å². The van der Waals surface area contributed by atoms with Crippen LogP contribution in [0.15, 0.2) is 45.6 Å². The predicted molar refractivity (Wildman–Crippen MR) is 62.9 cm³/mol. The summed E-state index contributed by atoms with van der Waals surface area (Å²) in [5.74, 6) is 0.723. The smallest absolute Gasteiger partial charge is 0.160 e. The van der Waals surface area contributed by atoms with Gasteiger partial charge in [0.15, 0.2) is 5.82 Å². The summed E-state index contributed by atoms with van der Waals surface area (Å²) in [5.41, 5.74) is 1.00. The van der Waals surface area contributed by atoms with Crippen LogP contribution in [0.2, 0.25) is 0 Å². The molecule has 0 bridgehead atoms.